The molecule has 0 bridgehead atoms. The maximum atomic E-state index is 12.6. The third-order valence-electron chi connectivity index (χ3n) is 9.72. The second-order valence-corrected chi connectivity index (χ2v) is 11.3. The van der Waals surface area contributed by atoms with E-state index in [-0.39, 0.29) is 5.41 Å². The molecule has 0 amide bonds. The lowest BCUT2D eigenvalue weighted by atomic mass is 9.47. The Hall–Kier alpha value is -0.410. The second kappa shape index (κ2) is 8.02. The Balaban J connectivity index is 1.41. The number of Topliss-reactive ketones (excluding diaryl/α,β-unsaturated/α-hetero) is 1. The number of carbonyl (C=O) groups is 1. The van der Waals surface area contributed by atoms with Gasteiger partial charge in [0, 0.05) is 18.4 Å². The van der Waals surface area contributed by atoms with Gasteiger partial charge in [0.15, 0.2) is 0 Å². The lowest BCUT2D eigenvalue weighted by molar-refractivity contribution is -0.136. The van der Waals surface area contributed by atoms with Gasteiger partial charge in [-0.2, -0.15) is 0 Å². The van der Waals surface area contributed by atoms with Gasteiger partial charge >= 0.3 is 0 Å². The Bertz CT molecular complexity index is 575. The van der Waals surface area contributed by atoms with Gasteiger partial charge < -0.3 is 9.64 Å². The molecule has 0 radical (unpaired) electrons. The van der Waals surface area contributed by atoms with Crippen molar-refractivity contribution >= 4 is 5.78 Å². The Labute approximate surface area is 173 Å². The molecule has 3 heteroatoms. The Morgan fingerprint density at radius 3 is 2.54 bits per heavy atom. The largest absolute Gasteiger partial charge is 0.378 e. The summed E-state index contributed by atoms with van der Waals surface area (Å²) >= 11 is 0. The van der Waals surface area contributed by atoms with Crippen molar-refractivity contribution in [2.45, 2.75) is 90.6 Å². The van der Waals surface area contributed by atoms with E-state index in [0.29, 0.717) is 23.2 Å². The quantitative estimate of drug-likeness (QED) is 0.596. The number of hydrogen-bond acceptors (Lipinski definition) is 3. The first kappa shape index (κ1) is 20.8. The Morgan fingerprint density at radius 1 is 0.964 bits per heavy atom. The van der Waals surface area contributed by atoms with Crippen LogP contribution in [0, 0.1) is 34.5 Å². The third kappa shape index (κ3) is 3.60. The summed E-state index contributed by atoms with van der Waals surface area (Å²) in [6.07, 6.45) is 14.1. The number of hydrogen-bond donors (Lipinski definition) is 0. The van der Waals surface area contributed by atoms with E-state index in [9.17, 15) is 4.79 Å². The van der Waals surface area contributed by atoms with Crippen molar-refractivity contribution < 1.29 is 9.53 Å². The van der Waals surface area contributed by atoms with Crippen molar-refractivity contribution in [1.82, 2.24) is 4.90 Å². The molecule has 0 aromatic rings. The molecule has 0 aromatic heterocycles. The highest BCUT2D eigenvalue weighted by Gasteiger charge is 2.59. The minimum atomic E-state index is 0.0210. The van der Waals surface area contributed by atoms with Crippen LogP contribution in [0.25, 0.3) is 0 Å². The summed E-state index contributed by atoms with van der Waals surface area (Å²) in [4.78, 5) is 14.9. The van der Waals surface area contributed by atoms with E-state index in [0.717, 1.165) is 50.2 Å². The summed E-state index contributed by atoms with van der Waals surface area (Å²) in [7, 11) is 4.28. The molecule has 0 spiro atoms. The summed E-state index contributed by atoms with van der Waals surface area (Å²) in [6, 6.07) is 0. The van der Waals surface area contributed by atoms with E-state index in [4.69, 9.17) is 4.74 Å². The Morgan fingerprint density at radius 2 is 1.75 bits per heavy atom. The lowest BCUT2D eigenvalue weighted by Gasteiger charge is -2.58. The highest BCUT2D eigenvalue weighted by molar-refractivity contribution is 5.87. The molecule has 4 saturated carbocycles. The molecule has 7 unspecified atom stereocenters. The minimum Gasteiger partial charge on any atom is -0.378 e. The lowest BCUT2D eigenvalue weighted by Crippen LogP contribution is -2.51. The summed E-state index contributed by atoms with van der Waals surface area (Å²) < 4.78 is 6.33. The average Bonchev–Trinajstić information content (AvgIpc) is 2.85. The molecule has 0 saturated heterocycles. The van der Waals surface area contributed by atoms with Gasteiger partial charge in [-0.3, -0.25) is 4.79 Å². The normalized spacial score (nSPS) is 46.0. The molecule has 0 heterocycles. The number of fused-ring (bicyclic) bond motifs is 5. The van der Waals surface area contributed by atoms with Gasteiger partial charge in [-0.1, -0.05) is 13.8 Å². The zero-order valence-corrected chi connectivity index (χ0v) is 18.8. The van der Waals surface area contributed by atoms with Gasteiger partial charge in [0.2, 0.25) is 0 Å². The fourth-order valence-electron chi connectivity index (χ4n) is 7.97. The van der Waals surface area contributed by atoms with E-state index < -0.39 is 0 Å². The molecular formula is C25H43NO2. The number of rotatable bonds is 5. The third-order valence-corrected chi connectivity index (χ3v) is 9.72. The smallest absolute Gasteiger partial charge is 0.139 e. The van der Waals surface area contributed by atoms with Crippen LogP contribution in [0.1, 0.15) is 84.5 Å². The molecule has 28 heavy (non-hydrogen) atoms. The van der Waals surface area contributed by atoms with Crippen LogP contribution in [0.4, 0.5) is 0 Å². The topological polar surface area (TPSA) is 29.5 Å². The van der Waals surface area contributed by atoms with E-state index in [1.165, 1.54) is 51.4 Å². The van der Waals surface area contributed by atoms with Gasteiger partial charge in [0.1, 0.15) is 5.78 Å². The van der Waals surface area contributed by atoms with Crippen molar-refractivity contribution in [3.05, 3.63) is 0 Å². The molecule has 4 rings (SSSR count). The van der Waals surface area contributed by atoms with E-state index in [2.05, 4.69) is 32.8 Å². The zero-order chi connectivity index (χ0) is 19.9. The first-order valence-corrected chi connectivity index (χ1v) is 12.1. The number of ether oxygens (including phenoxy) is 1. The summed E-state index contributed by atoms with van der Waals surface area (Å²) in [5.41, 5.74) is 0.505. The summed E-state index contributed by atoms with van der Waals surface area (Å²) in [6.45, 7) is 6.97. The van der Waals surface area contributed by atoms with Crippen molar-refractivity contribution in [3.63, 3.8) is 0 Å². The molecule has 3 nitrogen and oxygen atoms in total. The van der Waals surface area contributed by atoms with Gasteiger partial charge in [-0.05, 0) is 114 Å². The predicted molar refractivity (Wildman–Crippen MR) is 114 cm³/mol. The maximum Gasteiger partial charge on any atom is 0.139 e. The number of carbonyl (C=O) groups excluding carboxylic acids is 1. The van der Waals surface area contributed by atoms with Crippen LogP contribution in [-0.4, -0.2) is 44.0 Å². The average molecular weight is 390 g/mol. The fourth-order valence-corrected chi connectivity index (χ4v) is 7.97. The highest BCUT2D eigenvalue weighted by atomic mass is 16.5. The van der Waals surface area contributed by atoms with E-state index in [1.54, 1.807) is 0 Å². The second-order valence-electron chi connectivity index (χ2n) is 11.3. The molecule has 4 aliphatic rings. The zero-order valence-electron chi connectivity index (χ0n) is 18.8. The molecule has 4 fully saturated rings. The molecule has 160 valence electrons. The van der Waals surface area contributed by atoms with Gasteiger partial charge in [-0.15, -0.1) is 0 Å². The molecular weight excluding hydrogens is 346 g/mol. The molecule has 0 N–H and O–H groups in total. The van der Waals surface area contributed by atoms with Crippen molar-refractivity contribution in [3.8, 4) is 0 Å². The minimum absolute atomic E-state index is 0.0210. The number of ketones is 1. The SMILES string of the molecule is CN(C)CCCOC1CCC2CCC3C4CCC(=O)C4(C)CCC3C2(C)CC1. The first-order valence-electron chi connectivity index (χ1n) is 12.1. The van der Waals surface area contributed by atoms with Crippen LogP contribution in [-0.2, 0) is 9.53 Å². The van der Waals surface area contributed by atoms with Crippen LogP contribution in [0.2, 0.25) is 0 Å². The molecule has 0 aromatic carbocycles. The van der Waals surface area contributed by atoms with Crippen molar-refractivity contribution in [1.29, 1.82) is 0 Å². The first-order chi connectivity index (χ1) is 13.3. The molecule has 0 aliphatic heterocycles. The monoisotopic (exact) mass is 389 g/mol. The maximum absolute atomic E-state index is 12.6. The van der Waals surface area contributed by atoms with Gasteiger partial charge in [0.05, 0.1) is 6.10 Å². The van der Waals surface area contributed by atoms with Gasteiger partial charge in [-0.25, -0.2) is 0 Å². The summed E-state index contributed by atoms with van der Waals surface area (Å²) in [5, 5.41) is 0. The van der Waals surface area contributed by atoms with E-state index >= 15 is 0 Å². The van der Waals surface area contributed by atoms with Crippen molar-refractivity contribution in [2.75, 3.05) is 27.2 Å². The standard InChI is InChI=1S/C25H43NO2/c1-24-14-12-19(28-17-5-16-26(3)4)8-6-18(24)7-9-20-21-10-11-23(27)25(21,2)15-13-22(20)24/h18-22H,5-17H2,1-4H3. The highest BCUT2D eigenvalue weighted by Crippen LogP contribution is 2.65. The predicted octanol–water partition coefficient (Wildman–Crippen LogP) is 5.33. The van der Waals surface area contributed by atoms with Crippen molar-refractivity contribution in [2.24, 2.45) is 34.5 Å². The number of nitrogens with zero attached hydrogens (tertiary/aromatic N) is 1. The Kier molecular flexibility index (Phi) is 5.97. The van der Waals surface area contributed by atoms with Crippen LogP contribution < -0.4 is 0 Å². The van der Waals surface area contributed by atoms with Gasteiger partial charge in [0.25, 0.3) is 0 Å². The van der Waals surface area contributed by atoms with Crippen LogP contribution in [0.5, 0.6) is 0 Å². The molecule has 7 atom stereocenters. The van der Waals surface area contributed by atoms with Crippen LogP contribution >= 0.6 is 0 Å². The van der Waals surface area contributed by atoms with Crippen LogP contribution in [0.3, 0.4) is 0 Å². The summed E-state index contributed by atoms with van der Waals surface area (Å²) in [5.74, 6) is 3.80. The molecule has 4 aliphatic carbocycles. The fraction of sp³-hybridized carbons (Fsp3) is 0.960. The van der Waals surface area contributed by atoms with E-state index in [1.807, 2.05) is 0 Å². The van der Waals surface area contributed by atoms with Crippen LogP contribution in [0.15, 0.2) is 0 Å².